The molecule has 0 bridgehead atoms. The van der Waals surface area contributed by atoms with Crippen molar-refractivity contribution in [3.8, 4) is 0 Å². The Morgan fingerprint density at radius 2 is 2.57 bits per heavy atom. The molecule has 1 aromatic heterocycles. The van der Waals surface area contributed by atoms with Crippen LogP contribution in [0.15, 0.2) is 12.5 Å². The Morgan fingerprint density at radius 3 is 3.14 bits per heavy atom. The van der Waals surface area contributed by atoms with E-state index in [1.165, 1.54) is 0 Å². The van der Waals surface area contributed by atoms with Crippen molar-refractivity contribution in [1.82, 2.24) is 9.55 Å². The Labute approximate surface area is 97.0 Å². The molecule has 0 spiro atoms. The minimum atomic E-state index is 0.449. The van der Waals surface area contributed by atoms with Crippen LogP contribution in [0.25, 0.3) is 6.08 Å². The molecule has 0 aliphatic rings. The van der Waals surface area contributed by atoms with Crippen LogP contribution in [-0.2, 0) is 4.74 Å². The zero-order valence-corrected chi connectivity index (χ0v) is 10.8. The highest BCUT2D eigenvalue weighted by atomic mass is 127. The summed E-state index contributed by atoms with van der Waals surface area (Å²) in [5.74, 6) is 0. The number of hydrogen-bond acceptors (Lipinski definition) is 3. The fraction of sp³-hybridized carbons (Fsp3) is 0.250. The van der Waals surface area contributed by atoms with Crippen LogP contribution in [0.1, 0.15) is 23.0 Å². The second-order valence-electron chi connectivity index (χ2n) is 2.37. The maximum absolute atomic E-state index is 10.6. The van der Waals surface area contributed by atoms with Gasteiger partial charge in [0.15, 0.2) is 6.29 Å². The predicted molar refractivity (Wildman–Crippen MR) is 66.0 cm³/mol. The van der Waals surface area contributed by atoms with Gasteiger partial charge in [-0.25, -0.2) is 4.45 Å². The Balaban J connectivity index is 2.83. The minimum Gasteiger partial charge on any atom is -0.501 e. The van der Waals surface area contributed by atoms with E-state index in [9.17, 15) is 4.79 Å². The summed E-state index contributed by atoms with van der Waals surface area (Å²) in [6.07, 6.45) is 6.39. The van der Waals surface area contributed by atoms with Crippen molar-refractivity contribution in [2.45, 2.75) is 6.92 Å². The van der Waals surface area contributed by atoms with E-state index in [-0.39, 0.29) is 0 Å². The highest BCUT2D eigenvalue weighted by molar-refractivity contribution is 14.2. The zero-order chi connectivity index (χ0) is 10.4. The quantitative estimate of drug-likeness (QED) is 0.362. The van der Waals surface area contributed by atoms with E-state index in [1.807, 2.05) is 13.1 Å². The number of halogens is 1. The summed E-state index contributed by atoms with van der Waals surface area (Å²) < 4.78 is 6.78. The van der Waals surface area contributed by atoms with Crippen LogP contribution < -0.4 is 0 Å². The molecule has 1 rings (SSSR count). The van der Waals surface area contributed by atoms with Gasteiger partial charge in [-0.3, -0.25) is 4.79 Å². The molecule has 4 nitrogen and oxygen atoms in total. The molecule has 6 heteroatoms. The third kappa shape index (κ3) is 3.06. The molecule has 76 valence electrons. The first-order valence-corrected chi connectivity index (χ1v) is 8.07. The number of rotatable bonds is 5. The number of aldehydes is 1. The molecule has 0 aromatic carbocycles. The van der Waals surface area contributed by atoms with Crippen molar-refractivity contribution in [2.75, 3.05) is 6.61 Å². The smallest absolute Gasteiger partial charge is 0.170 e. The first kappa shape index (κ1) is 11.7. The average Bonchev–Trinajstić information content (AvgIpc) is 2.61. The van der Waals surface area contributed by atoms with E-state index in [1.54, 1.807) is 16.8 Å². The Hall–Kier alpha value is -0.420. The largest absolute Gasteiger partial charge is 0.501 e. The maximum atomic E-state index is 10.6. The van der Waals surface area contributed by atoms with Gasteiger partial charge in [-0.05, 0) is 35.0 Å². The first-order valence-electron chi connectivity index (χ1n) is 4.01. The van der Waals surface area contributed by atoms with Gasteiger partial charge in [0.2, 0.25) is 0 Å². The van der Waals surface area contributed by atoms with Crippen molar-refractivity contribution in [3.05, 3.63) is 23.7 Å². The minimum absolute atomic E-state index is 0.449. The lowest BCUT2D eigenvalue weighted by molar-refractivity contribution is 0.111. The predicted octanol–water partition coefficient (Wildman–Crippen LogP) is 2.49. The summed E-state index contributed by atoms with van der Waals surface area (Å²) in [5.41, 5.74) is 1.24. The third-order valence-corrected chi connectivity index (χ3v) is 3.37. The van der Waals surface area contributed by atoms with Crippen LogP contribution in [0, 0.1) is 0 Å². The molecule has 1 aromatic rings. The maximum Gasteiger partial charge on any atom is 0.170 e. The van der Waals surface area contributed by atoms with Crippen LogP contribution in [-0.4, -0.2) is 22.4 Å². The highest BCUT2D eigenvalue weighted by Crippen LogP contribution is 2.24. The average molecular weight is 324 g/mol. The molecule has 1 unspecified atom stereocenters. The number of aromatic nitrogens is 2. The van der Waals surface area contributed by atoms with E-state index in [2.05, 4.69) is 27.1 Å². The standard InChI is InChI=1S/C8H10IN2O2P/c1-2-13-4-3-7-5-11(14-9)10-8(7)6-12/h3-6,14H,2H2,1H3/b4-3+. The Kier molecular flexibility index (Phi) is 5.11. The van der Waals surface area contributed by atoms with Crippen molar-refractivity contribution in [2.24, 2.45) is 0 Å². The first-order chi connectivity index (χ1) is 6.81. The van der Waals surface area contributed by atoms with Gasteiger partial charge in [-0.2, -0.15) is 5.10 Å². The fourth-order valence-electron chi connectivity index (χ4n) is 0.882. The SMILES string of the molecule is CCO/C=C/c1cn(PI)nc1C=O. The molecule has 14 heavy (non-hydrogen) atoms. The lowest BCUT2D eigenvalue weighted by Crippen LogP contribution is -1.85. The van der Waals surface area contributed by atoms with Gasteiger partial charge in [0.1, 0.15) is 5.69 Å². The number of ether oxygens (including phenoxy) is 1. The van der Waals surface area contributed by atoms with Gasteiger partial charge in [0, 0.05) is 11.8 Å². The summed E-state index contributed by atoms with van der Waals surface area (Å²) >= 11 is 2.20. The second kappa shape index (κ2) is 6.14. The molecule has 0 fully saturated rings. The zero-order valence-electron chi connectivity index (χ0n) is 7.61. The van der Waals surface area contributed by atoms with Crippen molar-refractivity contribution in [3.63, 3.8) is 0 Å². The normalized spacial score (nSPS) is 11.6. The van der Waals surface area contributed by atoms with E-state index in [0.29, 0.717) is 18.7 Å². The molecule has 0 aliphatic carbocycles. The van der Waals surface area contributed by atoms with Crippen LogP contribution in [0.2, 0.25) is 0 Å². The topological polar surface area (TPSA) is 44.1 Å². The number of hydrogen-bond donors (Lipinski definition) is 0. The van der Waals surface area contributed by atoms with Gasteiger partial charge >= 0.3 is 0 Å². The summed E-state index contributed by atoms with van der Waals surface area (Å²) in [6.45, 7) is 2.52. The van der Waals surface area contributed by atoms with Crippen molar-refractivity contribution in [1.29, 1.82) is 0 Å². The lowest BCUT2D eigenvalue weighted by atomic mass is 10.2. The van der Waals surface area contributed by atoms with Gasteiger partial charge in [0.25, 0.3) is 0 Å². The highest BCUT2D eigenvalue weighted by Gasteiger charge is 2.04. The molecule has 0 aliphatic heterocycles. The van der Waals surface area contributed by atoms with E-state index >= 15 is 0 Å². The molecule has 1 atom stereocenters. The molecule has 0 radical (unpaired) electrons. The van der Waals surface area contributed by atoms with E-state index < -0.39 is 0 Å². The van der Waals surface area contributed by atoms with Gasteiger partial charge in [-0.1, -0.05) is 0 Å². The molecule has 0 saturated heterocycles. The molecule has 0 saturated carbocycles. The van der Waals surface area contributed by atoms with Crippen molar-refractivity contribution < 1.29 is 9.53 Å². The van der Waals surface area contributed by atoms with E-state index in [0.717, 1.165) is 11.8 Å². The van der Waals surface area contributed by atoms with Crippen molar-refractivity contribution >= 4 is 40.8 Å². The van der Waals surface area contributed by atoms with Crippen LogP contribution in [0.4, 0.5) is 0 Å². The van der Waals surface area contributed by atoms with E-state index in [4.69, 9.17) is 4.74 Å². The summed E-state index contributed by atoms with van der Waals surface area (Å²) in [5, 5.41) is 4.07. The third-order valence-electron chi connectivity index (χ3n) is 1.48. The van der Waals surface area contributed by atoms with Crippen LogP contribution >= 0.6 is 28.4 Å². The summed E-state index contributed by atoms with van der Waals surface area (Å²) in [6, 6.07) is 0. The molecule has 0 N–H and O–H groups in total. The number of carbonyl (C=O) groups is 1. The summed E-state index contributed by atoms with van der Waals surface area (Å²) in [4.78, 5) is 10.6. The number of nitrogens with zero attached hydrogens (tertiary/aromatic N) is 2. The fourth-order valence-corrected chi connectivity index (χ4v) is 1.96. The van der Waals surface area contributed by atoms with Crippen LogP contribution in [0.5, 0.6) is 0 Å². The Morgan fingerprint density at radius 1 is 1.79 bits per heavy atom. The van der Waals surface area contributed by atoms with Gasteiger partial charge in [-0.15, -0.1) is 0 Å². The Bertz CT molecular complexity index is 338. The molecule has 0 amide bonds. The summed E-state index contributed by atoms with van der Waals surface area (Å²) in [7, 11) is 0. The molecule has 1 heterocycles. The van der Waals surface area contributed by atoms with Gasteiger partial charge in [0.05, 0.1) is 19.2 Å². The second-order valence-corrected chi connectivity index (χ2v) is 4.45. The molecular weight excluding hydrogens is 314 g/mol. The molecular formula is C8H10IN2O2P. The van der Waals surface area contributed by atoms with Crippen LogP contribution in [0.3, 0.4) is 0 Å². The van der Waals surface area contributed by atoms with Gasteiger partial charge < -0.3 is 4.74 Å². The lowest BCUT2D eigenvalue weighted by Gasteiger charge is -1.91. The number of carbonyl (C=O) groups excluding carboxylic acids is 1. The monoisotopic (exact) mass is 324 g/mol.